The molecule has 0 spiro atoms. The first-order valence-electron chi connectivity index (χ1n) is 21.6. The minimum Gasteiger partial charge on any atom is -0.398 e. The lowest BCUT2D eigenvalue weighted by Crippen LogP contribution is -2.41. The summed E-state index contributed by atoms with van der Waals surface area (Å²) in [5.41, 5.74) is 3.66. The zero-order chi connectivity index (χ0) is 48.4. The second-order valence-electron chi connectivity index (χ2n) is 19.3. The zero-order valence-electron chi connectivity index (χ0n) is 39.1. The molecule has 2 aromatic carbocycles. The van der Waals surface area contributed by atoms with Crippen molar-refractivity contribution in [3.05, 3.63) is 95.3 Å². The number of alkyl halides is 2. The van der Waals surface area contributed by atoms with E-state index >= 15 is 0 Å². The number of para-hydroxylation sites is 2. The van der Waals surface area contributed by atoms with Crippen molar-refractivity contribution in [3.8, 4) is 11.3 Å². The number of nitrogens with zero attached hydrogens (tertiary/aromatic N) is 4. The largest absolute Gasteiger partial charge is 0.512 e. The number of halogens is 3. The van der Waals surface area contributed by atoms with E-state index in [0.29, 0.717) is 50.1 Å². The van der Waals surface area contributed by atoms with Crippen LogP contribution in [0.2, 0.25) is 0 Å². The molecule has 350 valence electrons. The molecule has 1 fully saturated rings. The fourth-order valence-corrected chi connectivity index (χ4v) is 8.24. The number of H-pyrrole nitrogens is 2. The minimum absolute atomic E-state index is 0.0127. The van der Waals surface area contributed by atoms with Crippen molar-refractivity contribution < 1.29 is 27.7 Å². The molecule has 6 aromatic rings. The highest BCUT2D eigenvalue weighted by Crippen LogP contribution is 2.37. The molecule has 0 bridgehead atoms. The van der Waals surface area contributed by atoms with Gasteiger partial charge in [-0.3, -0.25) is 28.3 Å². The van der Waals surface area contributed by atoms with Gasteiger partial charge in [0, 0.05) is 40.2 Å². The topological polar surface area (TPSA) is 202 Å². The molecule has 20 heteroatoms. The molecule has 66 heavy (non-hydrogen) atoms. The normalized spacial score (nSPS) is 18.3. The molecule has 0 unspecified atom stereocenters. The molecule has 0 aliphatic carbocycles. The number of carbonyl (C=O) groups excluding carboxylic acids is 2. The standard InChI is InChI=1S/C20H22FN5O2.C13H19BN2O3.C13H15FIN3O/c1-10-15-13(17(27)22-10)8-14(23-15)11-6-5-7-12-16(11)24-19(26(4)18(12)28)25-20(2,3)9-21;1-7-10-8(11(17)15-7)6-9(16-10)14-18-12(2,3)13(4,5)19-14;1-13(2,7-14)17-12-16-10-8(11(19)18(12)3)5-4-6-9(10)15/h5-8,10,23H,9H2,1-4H3,(H,22,27)(H,24,25);6-7,16H,1-5H3,(H,15,17);4-6H,7H2,1-3H3,(H,16,17)/t10-;7-;/m11./s1. The molecule has 7 heterocycles. The Morgan fingerprint density at radius 1 is 0.712 bits per heavy atom. The lowest BCUT2D eigenvalue weighted by Gasteiger charge is -2.32. The molecule has 4 aromatic heterocycles. The van der Waals surface area contributed by atoms with Crippen LogP contribution in [0.4, 0.5) is 20.7 Å². The fourth-order valence-electron chi connectivity index (χ4n) is 7.62. The van der Waals surface area contributed by atoms with E-state index in [9.17, 15) is 28.0 Å². The molecule has 9 rings (SSSR count). The number of fused-ring (bicyclic) bond motifs is 4. The summed E-state index contributed by atoms with van der Waals surface area (Å²) in [4.78, 5) is 64.6. The van der Waals surface area contributed by atoms with E-state index < -0.39 is 31.5 Å². The molecule has 1 saturated heterocycles. The van der Waals surface area contributed by atoms with Crippen LogP contribution in [0.15, 0.2) is 58.1 Å². The molecule has 0 radical (unpaired) electrons. The van der Waals surface area contributed by atoms with Gasteiger partial charge in [0.2, 0.25) is 11.9 Å². The summed E-state index contributed by atoms with van der Waals surface area (Å²) in [5, 5.41) is 12.7. The molecular weight excluding hydrogens is 964 g/mol. The van der Waals surface area contributed by atoms with Crippen molar-refractivity contribution in [2.24, 2.45) is 14.1 Å². The lowest BCUT2D eigenvalue weighted by molar-refractivity contribution is 0.00578. The van der Waals surface area contributed by atoms with Gasteiger partial charge < -0.3 is 40.5 Å². The summed E-state index contributed by atoms with van der Waals surface area (Å²) < 4.78 is 41.8. The van der Waals surface area contributed by atoms with Crippen LogP contribution in [-0.4, -0.2) is 83.6 Å². The second-order valence-corrected chi connectivity index (χ2v) is 20.4. The van der Waals surface area contributed by atoms with Gasteiger partial charge in [-0.25, -0.2) is 18.7 Å². The van der Waals surface area contributed by atoms with Crippen LogP contribution in [0, 0.1) is 3.57 Å². The molecule has 3 aliphatic heterocycles. The van der Waals surface area contributed by atoms with Crippen LogP contribution in [0.5, 0.6) is 0 Å². The highest BCUT2D eigenvalue weighted by molar-refractivity contribution is 14.1. The van der Waals surface area contributed by atoms with Crippen molar-refractivity contribution in [1.29, 1.82) is 0 Å². The number of anilines is 2. The highest BCUT2D eigenvalue weighted by atomic mass is 127. The SMILES string of the molecule is C[C@H]1NC(=O)c2cc(-c3cccc4c(=O)n(C)c(NC(C)(C)CF)nc34)[nH]c21.C[C@H]1NC(=O)c2cc(B3OC(C)(C)C(C)(C)O3)[nH]c21.Cn1c(NC(C)(C)CF)nc2c(I)cccc2c1=O. The second kappa shape index (κ2) is 17.6. The first kappa shape index (κ1) is 48.3. The summed E-state index contributed by atoms with van der Waals surface area (Å²) >= 11 is 2.14. The molecule has 6 N–H and O–H groups in total. The molecule has 16 nitrogen and oxygen atoms in total. The van der Waals surface area contributed by atoms with Gasteiger partial charge in [-0.1, -0.05) is 18.2 Å². The van der Waals surface area contributed by atoms with E-state index in [4.69, 9.17) is 9.31 Å². The maximum Gasteiger partial charge on any atom is 0.512 e. The summed E-state index contributed by atoms with van der Waals surface area (Å²) in [6, 6.07) is 14.3. The third-order valence-corrected chi connectivity index (χ3v) is 13.2. The third kappa shape index (κ3) is 9.10. The Kier molecular flexibility index (Phi) is 12.9. The fraction of sp³-hybridized carbons (Fsp3) is 0.435. The Labute approximate surface area is 394 Å². The van der Waals surface area contributed by atoms with Crippen molar-refractivity contribution in [1.82, 2.24) is 39.7 Å². The van der Waals surface area contributed by atoms with Crippen LogP contribution in [0.25, 0.3) is 33.1 Å². The highest BCUT2D eigenvalue weighted by Gasteiger charge is 2.52. The summed E-state index contributed by atoms with van der Waals surface area (Å²) in [6.45, 7) is 17.6. The smallest absolute Gasteiger partial charge is 0.398 e. The molecule has 3 aliphatic rings. The third-order valence-electron chi connectivity index (χ3n) is 12.3. The van der Waals surface area contributed by atoms with Crippen LogP contribution in [0.1, 0.15) is 113 Å². The summed E-state index contributed by atoms with van der Waals surface area (Å²) in [5.74, 6) is 0.504. The molecule has 2 atom stereocenters. The summed E-state index contributed by atoms with van der Waals surface area (Å²) in [7, 11) is 2.79. The Morgan fingerprint density at radius 2 is 1.17 bits per heavy atom. The maximum absolute atomic E-state index is 13.3. The average molecular weight is 1020 g/mol. The van der Waals surface area contributed by atoms with E-state index in [1.165, 1.54) is 9.13 Å². The Morgan fingerprint density at radius 3 is 1.65 bits per heavy atom. The number of rotatable bonds is 8. The number of aromatic nitrogens is 6. The number of benzene rings is 2. The lowest BCUT2D eigenvalue weighted by atomic mass is 9.85. The van der Waals surface area contributed by atoms with Gasteiger partial charge in [-0.15, -0.1) is 0 Å². The van der Waals surface area contributed by atoms with Crippen LogP contribution >= 0.6 is 22.6 Å². The molecule has 0 saturated carbocycles. The Hall–Kier alpha value is -5.61. The van der Waals surface area contributed by atoms with Gasteiger partial charge in [0.05, 0.1) is 73.0 Å². The van der Waals surface area contributed by atoms with E-state index in [1.54, 1.807) is 66.1 Å². The van der Waals surface area contributed by atoms with Crippen LogP contribution in [-0.2, 0) is 23.4 Å². The monoisotopic (exact) mass is 1020 g/mol. The Bertz CT molecular complexity index is 3000. The first-order valence-corrected chi connectivity index (χ1v) is 22.6. The number of carbonyl (C=O) groups is 2. The first-order chi connectivity index (χ1) is 30.8. The molecular formula is C46H56BF2IN10O6. The van der Waals surface area contributed by atoms with E-state index in [-0.39, 0.29) is 52.2 Å². The predicted molar refractivity (Wildman–Crippen MR) is 262 cm³/mol. The number of hydrogen-bond acceptors (Lipinski definition) is 10. The summed E-state index contributed by atoms with van der Waals surface area (Å²) in [6.07, 6.45) is 0. The maximum atomic E-state index is 13.3. The van der Waals surface area contributed by atoms with Gasteiger partial charge in [-0.05, 0) is 122 Å². The van der Waals surface area contributed by atoms with Crippen molar-refractivity contribution in [2.45, 2.75) is 104 Å². The van der Waals surface area contributed by atoms with Crippen molar-refractivity contribution in [2.75, 3.05) is 24.0 Å². The van der Waals surface area contributed by atoms with Crippen LogP contribution < -0.4 is 38.0 Å². The van der Waals surface area contributed by atoms with Gasteiger partial charge in [-0.2, -0.15) is 0 Å². The van der Waals surface area contributed by atoms with Crippen molar-refractivity contribution in [3.63, 3.8) is 0 Å². The number of hydrogen-bond donors (Lipinski definition) is 6. The quantitative estimate of drug-likeness (QED) is 0.0703. The number of amides is 2. The Balaban J connectivity index is 0.000000152. The zero-order valence-corrected chi connectivity index (χ0v) is 41.3. The van der Waals surface area contributed by atoms with Gasteiger partial charge in [0.25, 0.3) is 22.9 Å². The van der Waals surface area contributed by atoms with E-state index in [2.05, 4.69) is 63.8 Å². The van der Waals surface area contributed by atoms with Gasteiger partial charge in [0.15, 0.2) is 0 Å². The van der Waals surface area contributed by atoms with Crippen molar-refractivity contribution >= 4 is 80.8 Å². The van der Waals surface area contributed by atoms with E-state index in [0.717, 1.165) is 20.6 Å². The van der Waals surface area contributed by atoms with Crippen LogP contribution in [0.3, 0.4) is 0 Å². The average Bonchev–Trinajstić information content (AvgIpc) is 4.05. The number of nitrogens with one attached hydrogen (secondary N) is 6. The number of aromatic amines is 2. The minimum atomic E-state index is -0.860. The van der Waals surface area contributed by atoms with Gasteiger partial charge >= 0.3 is 7.12 Å². The van der Waals surface area contributed by atoms with Gasteiger partial charge in [0.1, 0.15) is 13.3 Å². The molecule has 2 amide bonds. The van der Waals surface area contributed by atoms with E-state index in [1.807, 2.05) is 65.8 Å². The predicted octanol–water partition coefficient (Wildman–Crippen LogP) is 6.71.